The van der Waals surface area contributed by atoms with Crippen molar-refractivity contribution in [3.63, 3.8) is 0 Å². The molecule has 0 saturated carbocycles. The first-order valence-corrected chi connectivity index (χ1v) is 9.00. The van der Waals surface area contributed by atoms with Gasteiger partial charge in [-0.25, -0.2) is 4.79 Å². The number of hydrogen-bond acceptors (Lipinski definition) is 5. The molecule has 3 rings (SSSR count). The Morgan fingerprint density at radius 1 is 1.13 bits per heavy atom. The summed E-state index contributed by atoms with van der Waals surface area (Å²) >= 11 is 5.86. The van der Waals surface area contributed by atoms with Crippen molar-refractivity contribution in [2.24, 2.45) is 0 Å². The van der Waals surface area contributed by atoms with Gasteiger partial charge in [-0.1, -0.05) is 41.0 Å². The zero-order chi connectivity index (χ0) is 21.9. The highest BCUT2D eigenvalue weighted by Gasteiger charge is 2.35. The molecule has 1 heterocycles. The number of nitrogens with zero attached hydrogens (tertiary/aromatic N) is 1. The summed E-state index contributed by atoms with van der Waals surface area (Å²) in [6.07, 6.45) is -4.74. The fourth-order valence-electron chi connectivity index (χ4n) is 2.67. The quantitative estimate of drug-likeness (QED) is 0.536. The number of amides is 1. The predicted octanol–water partition coefficient (Wildman–Crippen LogP) is 5.44. The summed E-state index contributed by atoms with van der Waals surface area (Å²) in [6, 6.07) is 10.5. The molecule has 1 amide bonds. The highest BCUT2D eigenvalue weighted by atomic mass is 35.5. The second kappa shape index (κ2) is 8.58. The SMILES string of the molecule is CCOC(=O)c1c(-c2ccc(Cl)cc2)noc1NC(=O)c1ccccc1C(F)(F)F. The van der Waals surface area contributed by atoms with E-state index in [1.807, 2.05) is 0 Å². The van der Waals surface area contributed by atoms with Gasteiger partial charge in [0.05, 0.1) is 17.7 Å². The lowest BCUT2D eigenvalue weighted by molar-refractivity contribution is -0.137. The smallest absolute Gasteiger partial charge is 0.417 e. The fraction of sp³-hybridized carbons (Fsp3) is 0.150. The van der Waals surface area contributed by atoms with Crippen LogP contribution in [-0.2, 0) is 10.9 Å². The maximum absolute atomic E-state index is 13.2. The third kappa shape index (κ3) is 4.46. The Kier molecular flexibility index (Phi) is 6.12. The molecule has 0 aliphatic heterocycles. The second-order valence-electron chi connectivity index (χ2n) is 5.96. The molecule has 0 radical (unpaired) electrons. The van der Waals surface area contributed by atoms with E-state index in [2.05, 4.69) is 10.5 Å². The molecule has 156 valence electrons. The van der Waals surface area contributed by atoms with Crippen LogP contribution >= 0.6 is 11.6 Å². The number of carbonyl (C=O) groups is 2. The first kappa shape index (κ1) is 21.4. The van der Waals surface area contributed by atoms with Crippen LogP contribution in [0.15, 0.2) is 53.1 Å². The van der Waals surface area contributed by atoms with E-state index in [0.29, 0.717) is 10.6 Å². The number of aromatic nitrogens is 1. The minimum atomic E-state index is -4.74. The Morgan fingerprint density at radius 2 is 1.80 bits per heavy atom. The summed E-state index contributed by atoms with van der Waals surface area (Å²) < 4.78 is 49.7. The van der Waals surface area contributed by atoms with Crippen molar-refractivity contribution in [2.75, 3.05) is 11.9 Å². The molecule has 30 heavy (non-hydrogen) atoms. The molecular formula is C20H14ClF3N2O4. The van der Waals surface area contributed by atoms with Gasteiger partial charge in [0.15, 0.2) is 5.56 Å². The van der Waals surface area contributed by atoms with Gasteiger partial charge in [0.2, 0.25) is 5.88 Å². The summed E-state index contributed by atoms with van der Waals surface area (Å²) in [5, 5.41) is 6.41. The van der Waals surface area contributed by atoms with E-state index >= 15 is 0 Å². The summed E-state index contributed by atoms with van der Waals surface area (Å²) in [5.41, 5.74) is -1.51. The monoisotopic (exact) mass is 438 g/mol. The van der Waals surface area contributed by atoms with Crippen molar-refractivity contribution in [3.8, 4) is 11.3 Å². The molecule has 0 spiro atoms. The van der Waals surface area contributed by atoms with Crippen LogP contribution in [0.4, 0.5) is 19.1 Å². The largest absolute Gasteiger partial charge is 0.462 e. The van der Waals surface area contributed by atoms with Gasteiger partial charge in [-0.2, -0.15) is 13.2 Å². The molecule has 1 N–H and O–H groups in total. The molecule has 0 aliphatic rings. The topological polar surface area (TPSA) is 81.4 Å². The van der Waals surface area contributed by atoms with Gasteiger partial charge in [0.1, 0.15) is 5.69 Å². The third-order valence-corrected chi connectivity index (χ3v) is 4.25. The zero-order valence-electron chi connectivity index (χ0n) is 15.4. The number of anilines is 1. The average molecular weight is 439 g/mol. The van der Waals surface area contributed by atoms with Crippen LogP contribution in [0, 0.1) is 0 Å². The van der Waals surface area contributed by atoms with Crippen LogP contribution in [0.2, 0.25) is 5.02 Å². The van der Waals surface area contributed by atoms with Gasteiger partial charge in [-0.05, 0) is 31.2 Å². The average Bonchev–Trinajstić information content (AvgIpc) is 3.11. The molecule has 0 atom stereocenters. The fourth-order valence-corrected chi connectivity index (χ4v) is 2.80. The van der Waals surface area contributed by atoms with Crippen molar-refractivity contribution < 1.29 is 32.0 Å². The van der Waals surface area contributed by atoms with Crippen LogP contribution in [0.25, 0.3) is 11.3 Å². The summed E-state index contributed by atoms with van der Waals surface area (Å²) in [7, 11) is 0. The number of rotatable bonds is 5. The number of benzene rings is 2. The standard InChI is InChI=1S/C20H14ClF3N2O4/c1-2-29-19(28)15-16(11-7-9-12(21)10-8-11)26-30-18(15)25-17(27)13-5-3-4-6-14(13)20(22,23)24/h3-10H,2H2,1H3,(H,25,27). The van der Waals surface area contributed by atoms with E-state index in [1.165, 1.54) is 6.07 Å². The molecular weight excluding hydrogens is 425 g/mol. The van der Waals surface area contributed by atoms with Gasteiger partial charge in [-0.15, -0.1) is 0 Å². The number of halogens is 4. The minimum absolute atomic E-state index is 0.0222. The Balaban J connectivity index is 2.02. The summed E-state index contributed by atoms with van der Waals surface area (Å²) in [5.74, 6) is -2.41. The molecule has 2 aromatic carbocycles. The summed E-state index contributed by atoms with van der Waals surface area (Å²) in [4.78, 5) is 25.0. The zero-order valence-corrected chi connectivity index (χ0v) is 16.2. The van der Waals surface area contributed by atoms with E-state index in [9.17, 15) is 22.8 Å². The molecule has 6 nitrogen and oxygen atoms in total. The molecule has 0 fully saturated rings. The van der Waals surface area contributed by atoms with Crippen molar-refractivity contribution in [3.05, 3.63) is 70.2 Å². The molecule has 0 saturated heterocycles. The normalized spacial score (nSPS) is 11.2. The number of carbonyl (C=O) groups excluding carboxylic acids is 2. The molecule has 3 aromatic rings. The van der Waals surface area contributed by atoms with Gasteiger partial charge in [-0.3, -0.25) is 10.1 Å². The lowest BCUT2D eigenvalue weighted by atomic mass is 10.1. The number of esters is 1. The maximum Gasteiger partial charge on any atom is 0.417 e. The molecule has 10 heteroatoms. The van der Waals surface area contributed by atoms with E-state index in [0.717, 1.165) is 18.2 Å². The number of ether oxygens (including phenoxy) is 1. The van der Waals surface area contributed by atoms with Crippen molar-refractivity contribution >= 4 is 29.4 Å². The molecule has 1 aromatic heterocycles. The third-order valence-electron chi connectivity index (χ3n) is 3.99. The molecule has 0 unspecified atom stereocenters. The number of hydrogen-bond donors (Lipinski definition) is 1. The first-order valence-electron chi connectivity index (χ1n) is 8.62. The van der Waals surface area contributed by atoms with Gasteiger partial charge in [0.25, 0.3) is 5.91 Å². The minimum Gasteiger partial charge on any atom is -0.462 e. The lowest BCUT2D eigenvalue weighted by Gasteiger charge is -2.12. The highest BCUT2D eigenvalue weighted by molar-refractivity contribution is 6.30. The van der Waals surface area contributed by atoms with Gasteiger partial charge in [0, 0.05) is 10.6 Å². The second-order valence-corrected chi connectivity index (χ2v) is 6.40. The molecule has 0 aliphatic carbocycles. The molecule has 0 bridgehead atoms. The Labute approximate surface area is 173 Å². The van der Waals surface area contributed by atoms with Crippen LogP contribution in [0.5, 0.6) is 0 Å². The van der Waals surface area contributed by atoms with Crippen LogP contribution in [0.1, 0.15) is 33.2 Å². The first-order chi connectivity index (χ1) is 14.2. The van der Waals surface area contributed by atoms with Crippen LogP contribution < -0.4 is 5.32 Å². The van der Waals surface area contributed by atoms with Crippen LogP contribution in [-0.4, -0.2) is 23.6 Å². The van der Waals surface area contributed by atoms with Gasteiger partial charge >= 0.3 is 12.1 Å². The van der Waals surface area contributed by atoms with Gasteiger partial charge < -0.3 is 9.26 Å². The van der Waals surface area contributed by atoms with Crippen LogP contribution in [0.3, 0.4) is 0 Å². The van der Waals surface area contributed by atoms with E-state index in [1.54, 1.807) is 31.2 Å². The van der Waals surface area contributed by atoms with Crippen molar-refractivity contribution in [1.29, 1.82) is 0 Å². The lowest BCUT2D eigenvalue weighted by Crippen LogP contribution is -2.19. The predicted molar refractivity (Wildman–Crippen MR) is 102 cm³/mol. The maximum atomic E-state index is 13.2. The Morgan fingerprint density at radius 3 is 2.43 bits per heavy atom. The van der Waals surface area contributed by atoms with Crippen molar-refractivity contribution in [1.82, 2.24) is 5.16 Å². The Hall–Kier alpha value is -3.33. The highest BCUT2D eigenvalue weighted by Crippen LogP contribution is 2.34. The van der Waals surface area contributed by atoms with E-state index in [4.69, 9.17) is 20.9 Å². The van der Waals surface area contributed by atoms with E-state index in [-0.39, 0.29) is 17.9 Å². The van der Waals surface area contributed by atoms with Crippen molar-refractivity contribution in [2.45, 2.75) is 13.1 Å². The summed E-state index contributed by atoms with van der Waals surface area (Å²) in [6.45, 7) is 1.60. The number of nitrogens with one attached hydrogen (secondary N) is 1. The Bertz CT molecular complexity index is 1080. The number of alkyl halides is 3. The van der Waals surface area contributed by atoms with E-state index < -0.39 is 35.1 Å².